The highest BCUT2D eigenvalue weighted by molar-refractivity contribution is 6.33. The van der Waals surface area contributed by atoms with Crippen LogP contribution in [0.3, 0.4) is 0 Å². The van der Waals surface area contributed by atoms with E-state index in [9.17, 15) is 0 Å². The van der Waals surface area contributed by atoms with E-state index in [0.29, 0.717) is 10.8 Å². The quantitative estimate of drug-likeness (QED) is 0.864. The number of nitrogens with zero attached hydrogens (tertiary/aromatic N) is 1. The second kappa shape index (κ2) is 5.13. The van der Waals surface area contributed by atoms with Crippen LogP contribution in [-0.4, -0.2) is 5.16 Å². The Hall–Kier alpha value is -1.48. The van der Waals surface area contributed by atoms with E-state index < -0.39 is 0 Å². The molecular weight excluding hydrogens is 272 g/mol. The molecule has 0 unspecified atom stereocenters. The predicted octanol–water partition coefficient (Wildman–Crippen LogP) is 4.80. The van der Waals surface area contributed by atoms with Crippen molar-refractivity contribution in [2.45, 2.75) is 44.4 Å². The number of aromatic nitrogens is 1. The van der Waals surface area contributed by atoms with Crippen molar-refractivity contribution in [1.82, 2.24) is 5.16 Å². The van der Waals surface area contributed by atoms with Gasteiger partial charge >= 0.3 is 0 Å². The summed E-state index contributed by atoms with van der Waals surface area (Å²) in [6.45, 7) is 2.24. The summed E-state index contributed by atoms with van der Waals surface area (Å²) in [5.41, 5.74) is 7.84. The molecule has 1 fully saturated rings. The Kier molecular flexibility index (Phi) is 3.47. The highest BCUT2D eigenvalue weighted by atomic mass is 35.5. The number of anilines is 1. The molecule has 1 aliphatic carbocycles. The second-order valence-electron chi connectivity index (χ2n) is 5.87. The summed E-state index contributed by atoms with van der Waals surface area (Å²) >= 11 is 6.32. The average molecular weight is 291 g/mol. The Morgan fingerprint density at radius 3 is 2.60 bits per heavy atom. The van der Waals surface area contributed by atoms with Crippen LogP contribution in [0.2, 0.25) is 5.02 Å². The maximum atomic E-state index is 6.32. The molecule has 0 spiro atoms. The van der Waals surface area contributed by atoms with E-state index in [1.807, 2.05) is 24.3 Å². The van der Waals surface area contributed by atoms with Gasteiger partial charge in [-0.2, -0.15) is 0 Å². The van der Waals surface area contributed by atoms with Crippen LogP contribution in [-0.2, 0) is 5.41 Å². The Morgan fingerprint density at radius 2 is 1.90 bits per heavy atom. The molecule has 0 atom stereocenters. The van der Waals surface area contributed by atoms with Crippen molar-refractivity contribution in [3.05, 3.63) is 35.0 Å². The van der Waals surface area contributed by atoms with Crippen LogP contribution in [0.5, 0.6) is 0 Å². The van der Waals surface area contributed by atoms with Gasteiger partial charge in [0.05, 0.1) is 5.56 Å². The molecule has 0 radical (unpaired) electrons. The summed E-state index contributed by atoms with van der Waals surface area (Å²) in [5, 5.41) is 4.68. The molecule has 3 rings (SSSR count). The zero-order valence-corrected chi connectivity index (χ0v) is 12.4. The van der Waals surface area contributed by atoms with Gasteiger partial charge in [0.25, 0.3) is 0 Å². The van der Waals surface area contributed by atoms with Crippen molar-refractivity contribution in [3.8, 4) is 11.1 Å². The van der Waals surface area contributed by atoms with E-state index in [-0.39, 0.29) is 5.41 Å². The van der Waals surface area contributed by atoms with E-state index in [0.717, 1.165) is 29.7 Å². The molecule has 106 valence electrons. The van der Waals surface area contributed by atoms with Gasteiger partial charge in [0, 0.05) is 16.0 Å². The van der Waals surface area contributed by atoms with E-state index in [1.54, 1.807) is 0 Å². The standard InChI is InChI=1S/C16H19ClN2O/c1-16(9-5-2-6-10-16)14-13(15(18)19-20-14)11-7-3-4-8-12(11)17/h3-4,7-8H,2,5-6,9-10H2,1H3,(H2,18,19). The fourth-order valence-corrected chi connectivity index (χ4v) is 3.43. The van der Waals surface area contributed by atoms with Crippen molar-refractivity contribution < 1.29 is 4.52 Å². The van der Waals surface area contributed by atoms with Crippen LogP contribution in [0.15, 0.2) is 28.8 Å². The number of nitrogens with two attached hydrogens (primary N) is 1. The normalized spacial score (nSPS) is 18.1. The van der Waals surface area contributed by atoms with Gasteiger partial charge in [0.15, 0.2) is 11.6 Å². The minimum atomic E-state index is 0.0113. The van der Waals surface area contributed by atoms with Gasteiger partial charge < -0.3 is 10.3 Å². The Bertz CT molecular complexity index is 615. The molecule has 4 heteroatoms. The molecule has 2 N–H and O–H groups in total. The highest BCUT2D eigenvalue weighted by Gasteiger charge is 2.36. The highest BCUT2D eigenvalue weighted by Crippen LogP contribution is 2.46. The second-order valence-corrected chi connectivity index (χ2v) is 6.28. The molecule has 2 aromatic rings. The Balaban J connectivity index is 2.13. The first-order valence-corrected chi connectivity index (χ1v) is 7.50. The molecule has 1 saturated carbocycles. The number of rotatable bonds is 2. The SMILES string of the molecule is CC1(c2onc(N)c2-c2ccccc2Cl)CCCCC1. The average Bonchev–Trinajstić information content (AvgIpc) is 2.83. The molecule has 0 saturated heterocycles. The lowest BCUT2D eigenvalue weighted by molar-refractivity contribution is 0.242. The summed E-state index contributed by atoms with van der Waals surface area (Å²) in [6.07, 6.45) is 5.96. The Labute approximate surface area is 124 Å². The molecule has 1 heterocycles. The van der Waals surface area contributed by atoms with Crippen molar-refractivity contribution in [2.24, 2.45) is 0 Å². The zero-order valence-electron chi connectivity index (χ0n) is 11.7. The van der Waals surface area contributed by atoms with Gasteiger partial charge in [-0.05, 0) is 18.9 Å². The van der Waals surface area contributed by atoms with Gasteiger partial charge in [-0.15, -0.1) is 0 Å². The first-order chi connectivity index (χ1) is 9.62. The molecule has 3 nitrogen and oxygen atoms in total. The minimum absolute atomic E-state index is 0.0113. The third-order valence-electron chi connectivity index (χ3n) is 4.37. The number of benzene rings is 1. The first kappa shape index (κ1) is 13.5. The first-order valence-electron chi connectivity index (χ1n) is 7.12. The van der Waals surface area contributed by atoms with E-state index in [2.05, 4.69) is 12.1 Å². The fourth-order valence-electron chi connectivity index (χ4n) is 3.20. The molecule has 1 aliphatic rings. The van der Waals surface area contributed by atoms with Crippen molar-refractivity contribution >= 4 is 17.4 Å². The third kappa shape index (κ3) is 2.20. The number of nitrogen functional groups attached to an aromatic ring is 1. The van der Waals surface area contributed by atoms with E-state index >= 15 is 0 Å². The fraction of sp³-hybridized carbons (Fsp3) is 0.438. The lowest BCUT2D eigenvalue weighted by Crippen LogP contribution is -2.25. The summed E-state index contributed by atoms with van der Waals surface area (Å²) in [5.74, 6) is 1.32. The van der Waals surface area contributed by atoms with Gasteiger partial charge in [0.1, 0.15) is 0 Å². The molecule has 0 amide bonds. The van der Waals surface area contributed by atoms with E-state index in [4.69, 9.17) is 21.9 Å². The molecule has 0 aliphatic heterocycles. The molecule has 1 aromatic heterocycles. The van der Waals surface area contributed by atoms with Crippen LogP contribution in [0.1, 0.15) is 44.8 Å². The minimum Gasteiger partial charge on any atom is -0.380 e. The van der Waals surface area contributed by atoms with Crippen molar-refractivity contribution in [2.75, 3.05) is 5.73 Å². The zero-order chi connectivity index (χ0) is 14.2. The topological polar surface area (TPSA) is 52.0 Å². The number of halogens is 1. The van der Waals surface area contributed by atoms with Crippen LogP contribution in [0, 0.1) is 0 Å². The monoisotopic (exact) mass is 290 g/mol. The summed E-state index contributed by atoms with van der Waals surface area (Å²) < 4.78 is 5.61. The summed E-state index contributed by atoms with van der Waals surface area (Å²) in [4.78, 5) is 0. The van der Waals surface area contributed by atoms with Crippen molar-refractivity contribution in [3.63, 3.8) is 0 Å². The van der Waals surface area contributed by atoms with Crippen LogP contribution >= 0.6 is 11.6 Å². The van der Waals surface area contributed by atoms with Crippen LogP contribution < -0.4 is 5.73 Å². The number of hydrogen-bond donors (Lipinski definition) is 1. The maximum absolute atomic E-state index is 6.32. The van der Waals surface area contributed by atoms with Crippen LogP contribution in [0.4, 0.5) is 5.82 Å². The van der Waals surface area contributed by atoms with Gasteiger partial charge in [0.2, 0.25) is 0 Å². The van der Waals surface area contributed by atoms with Gasteiger partial charge in [-0.25, -0.2) is 0 Å². The molecular formula is C16H19ClN2O. The molecule has 1 aromatic carbocycles. The number of hydrogen-bond acceptors (Lipinski definition) is 3. The van der Waals surface area contributed by atoms with Gasteiger partial charge in [-0.1, -0.05) is 61.1 Å². The lowest BCUT2D eigenvalue weighted by Gasteiger charge is -2.31. The smallest absolute Gasteiger partial charge is 0.175 e. The summed E-state index contributed by atoms with van der Waals surface area (Å²) in [7, 11) is 0. The summed E-state index contributed by atoms with van der Waals surface area (Å²) in [6, 6.07) is 7.72. The van der Waals surface area contributed by atoms with Gasteiger partial charge in [-0.3, -0.25) is 0 Å². The molecule has 20 heavy (non-hydrogen) atoms. The van der Waals surface area contributed by atoms with Crippen molar-refractivity contribution in [1.29, 1.82) is 0 Å². The Morgan fingerprint density at radius 1 is 1.20 bits per heavy atom. The van der Waals surface area contributed by atoms with Crippen LogP contribution in [0.25, 0.3) is 11.1 Å². The van der Waals surface area contributed by atoms with E-state index in [1.165, 1.54) is 19.3 Å². The molecule has 0 bridgehead atoms. The lowest BCUT2D eigenvalue weighted by atomic mass is 9.72. The third-order valence-corrected chi connectivity index (χ3v) is 4.70. The largest absolute Gasteiger partial charge is 0.380 e. The maximum Gasteiger partial charge on any atom is 0.175 e. The predicted molar refractivity (Wildman–Crippen MR) is 81.8 cm³/mol.